The second-order valence-electron chi connectivity index (χ2n) is 23.5. The Morgan fingerprint density at radius 1 is 0.739 bits per heavy atom. The Morgan fingerprint density at radius 2 is 1.35 bits per heavy atom. The lowest BCUT2D eigenvalue weighted by molar-refractivity contribution is -0.346. The molecule has 484 valence electrons. The first-order valence-corrected chi connectivity index (χ1v) is 29.6. The van der Waals surface area contributed by atoms with Crippen molar-refractivity contribution in [2.45, 2.75) is 127 Å². The van der Waals surface area contributed by atoms with Crippen LogP contribution in [0.3, 0.4) is 0 Å². The molecule has 4 aromatic carbocycles. The Bertz CT molecular complexity index is 3610. The quantitative estimate of drug-likeness (QED) is 0.0227. The summed E-state index contributed by atoms with van der Waals surface area (Å²) in [6, 6.07) is 29.7. The first-order chi connectivity index (χ1) is 43.9. The number of nitrogens with one attached hydrogen (secondary N) is 2. The molecule has 4 N–H and O–H groups in total. The van der Waals surface area contributed by atoms with Gasteiger partial charge in [-0.05, 0) is 85.5 Å². The minimum Gasteiger partial charge on any atom is -0.482 e. The summed E-state index contributed by atoms with van der Waals surface area (Å²) in [6.45, 7) is 5.93. The van der Waals surface area contributed by atoms with Gasteiger partial charge in [0.1, 0.15) is 53.6 Å². The summed E-state index contributed by atoms with van der Waals surface area (Å²) >= 11 is 0. The highest BCUT2D eigenvalue weighted by Gasteiger charge is 2.79. The summed E-state index contributed by atoms with van der Waals surface area (Å²) in [4.78, 5) is 143. The topological polar surface area (TPSA) is 331 Å². The molecule has 24 nitrogen and oxygen atoms in total. The van der Waals surface area contributed by atoms with Crippen LogP contribution in [0, 0.1) is 16.7 Å². The van der Waals surface area contributed by atoms with E-state index in [0.29, 0.717) is 11.3 Å². The van der Waals surface area contributed by atoms with Crippen LogP contribution in [0.5, 0.6) is 11.5 Å². The van der Waals surface area contributed by atoms with Gasteiger partial charge in [0, 0.05) is 50.2 Å². The molecule has 4 aliphatic rings. The number of rotatable bonds is 24. The fraction of sp³-hybridized carbons (Fsp3) is 0.382. The molecule has 2 bridgehead atoms. The number of para-hydroxylation sites is 2. The normalized spacial score (nSPS) is 25.4. The van der Waals surface area contributed by atoms with E-state index in [0.717, 1.165) is 19.9 Å². The number of hydrogen-bond donors (Lipinski definition) is 4. The van der Waals surface area contributed by atoms with Gasteiger partial charge in [-0.3, -0.25) is 28.8 Å². The lowest BCUT2D eigenvalue weighted by Crippen LogP contribution is -2.82. The number of aliphatic hydroxyl groups is 1. The molecular formula is C68H70N2O22. The van der Waals surface area contributed by atoms with Crippen molar-refractivity contribution in [2.24, 2.45) is 16.7 Å². The van der Waals surface area contributed by atoms with Gasteiger partial charge in [-0.15, -0.1) is 0 Å². The average Bonchev–Trinajstić information content (AvgIpc) is 0.703. The number of carbonyl (C=O) groups excluding carboxylic acids is 9. The second-order valence-corrected chi connectivity index (χ2v) is 23.5. The monoisotopic (exact) mass is 1270 g/mol. The van der Waals surface area contributed by atoms with E-state index in [9.17, 15) is 48.6 Å². The van der Waals surface area contributed by atoms with Gasteiger partial charge in [-0.2, -0.15) is 0 Å². The van der Waals surface area contributed by atoms with Gasteiger partial charge in [0.05, 0.1) is 36.0 Å². The molecule has 3 fully saturated rings. The van der Waals surface area contributed by atoms with Gasteiger partial charge in [0.15, 0.2) is 30.7 Å². The van der Waals surface area contributed by atoms with E-state index in [2.05, 4.69) is 10.6 Å². The predicted octanol–water partition coefficient (Wildman–Crippen LogP) is 6.34. The molecule has 12 atom stereocenters. The summed E-state index contributed by atoms with van der Waals surface area (Å²) in [5, 5.41) is 29.4. The van der Waals surface area contributed by atoms with Crippen LogP contribution in [0.15, 0.2) is 162 Å². The Hall–Kier alpha value is -9.94. The molecule has 1 saturated heterocycles. The van der Waals surface area contributed by atoms with Crippen LogP contribution in [0.25, 0.3) is 6.08 Å². The molecule has 5 aromatic rings. The standard InChI is InChI=1S/C68H70N2O22/c1-39-48(88-64(81)58(90-54(77)37-85-46-25-17-10-18-26-46)56(43-19-11-7-12-20-43)70-62(79)47(28-30-52(74)75)69-51(73)29-27-42-31-32-83-35-42)34-68(82)61(91-63(80)44-21-13-8-14-22-44)59-66(6,60(78)57(87-40(2)71)55(39)65(68,4)5)49(33-50-67(59,38-86-50)92-41(3)72)89-53(76)36-84-45-23-15-9-16-24-45/h7-27,29,31-32,35,47-50,56-59,61,82H,28,30,33-34,36-38H2,1-6H3,(H,69,73)(H,70,79)(H,74,75)/b29-27+/t47-,48+,49+,50-,56+,57-,58-,59+,61+,66-,67+,68-/m1/s1. The number of furan rings is 1. The average molecular weight is 1270 g/mol. The molecule has 3 aliphatic carbocycles. The Balaban J connectivity index is 1.18. The predicted molar refractivity (Wildman–Crippen MR) is 320 cm³/mol. The van der Waals surface area contributed by atoms with Gasteiger partial charge in [-0.25, -0.2) is 19.2 Å². The van der Waals surface area contributed by atoms with E-state index in [-0.39, 0.29) is 34.4 Å². The van der Waals surface area contributed by atoms with Crippen LogP contribution < -0.4 is 20.1 Å². The molecule has 9 rings (SSSR count). The fourth-order valence-corrected chi connectivity index (χ4v) is 12.9. The number of Topliss-reactive ketones (excluding diaryl/α,β-unsaturated/α-hetero) is 1. The number of ether oxygens (including phenoxy) is 9. The smallest absolute Gasteiger partial charge is 0.350 e. The molecule has 1 aliphatic heterocycles. The SMILES string of the molecule is CC(=O)O[C@H]1C(=O)[C@]2(C)[C@@H](OC(=O)COc3ccccc3)C[C@H]3OC[C@@]3(OC(C)=O)[C@H]2[C@H](OC(=O)c2ccccc2)[C@]2(O)C[C@H](OC(=O)[C@H](OC(=O)COc3ccccc3)[C@@H](NC(=O)[C@@H](CCC(=O)O)NC(=O)/C=C/c3ccoc3)c3ccccc3)C(C)=C1C2(C)C. The Morgan fingerprint density at radius 3 is 1.91 bits per heavy atom. The largest absolute Gasteiger partial charge is 0.482 e. The van der Waals surface area contributed by atoms with Crippen molar-refractivity contribution in [2.75, 3.05) is 19.8 Å². The molecule has 2 saturated carbocycles. The van der Waals surface area contributed by atoms with Crippen molar-refractivity contribution in [3.8, 4) is 11.5 Å². The number of carboxylic acids is 1. The highest BCUT2D eigenvalue weighted by Crippen LogP contribution is 2.65. The van der Waals surface area contributed by atoms with Crippen LogP contribution in [0.4, 0.5) is 0 Å². The van der Waals surface area contributed by atoms with Crippen molar-refractivity contribution < 1.29 is 105 Å². The first-order valence-electron chi connectivity index (χ1n) is 29.6. The molecule has 2 amide bonds. The molecular weight excluding hydrogens is 1200 g/mol. The summed E-state index contributed by atoms with van der Waals surface area (Å²) in [5.74, 6) is -12.0. The van der Waals surface area contributed by atoms with Crippen LogP contribution in [0.1, 0.15) is 94.8 Å². The number of aliphatic carboxylic acids is 1. The lowest BCUT2D eigenvalue weighted by atomic mass is 9.44. The third kappa shape index (κ3) is 14.1. The van der Waals surface area contributed by atoms with E-state index in [1.807, 2.05) is 0 Å². The van der Waals surface area contributed by atoms with Crippen LogP contribution in [-0.4, -0.2) is 143 Å². The number of esters is 6. The van der Waals surface area contributed by atoms with Gasteiger partial charge in [0.2, 0.25) is 17.9 Å². The molecule has 0 spiro atoms. The maximum Gasteiger partial charge on any atom is 0.350 e. The van der Waals surface area contributed by atoms with Gasteiger partial charge < -0.3 is 67.9 Å². The number of hydrogen-bond acceptors (Lipinski definition) is 21. The minimum absolute atomic E-state index is 0.0133. The second kappa shape index (κ2) is 28.1. The molecule has 92 heavy (non-hydrogen) atoms. The number of fused-ring (bicyclic) bond motifs is 5. The number of amides is 2. The lowest BCUT2D eigenvalue weighted by Gasteiger charge is -2.67. The molecule has 24 heteroatoms. The summed E-state index contributed by atoms with van der Waals surface area (Å²) in [5.41, 5.74) is -8.49. The van der Waals surface area contributed by atoms with Crippen molar-refractivity contribution in [3.05, 3.63) is 174 Å². The Labute approximate surface area is 528 Å². The highest BCUT2D eigenvalue weighted by molar-refractivity contribution is 5.97. The van der Waals surface area contributed by atoms with Gasteiger partial charge in [-0.1, -0.05) is 98.8 Å². The summed E-state index contributed by atoms with van der Waals surface area (Å²) < 4.78 is 60.4. The number of carboxylic acid groups (broad SMARTS) is 1. The van der Waals surface area contributed by atoms with Crippen LogP contribution in [0.2, 0.25) is 0 Å². The fourth-order valence-electron chi connectivity index (χ4n) is 12.9. The summed E-state index contributed by atoms with van der Waals surface area (Å²) in [7, 11) is 0. The van der Waals surface area contributed by atoms with E-state index in [4.69, 9.17) is 47.0 Å². The van der Waals surface area contributed by atoms with Crippen molar-refractivity contribution in [1.82, 2.24) is 10.6 Å². The maximum atomic E-state index is 16.6. The Kier molecular flexibility index (Phi) is 20.3. The summed E-state index contributed by atoms with van der Waals surface area (Å²) in [6.07, 6.45) is -8.01. The third-order valence-corrected chi connectivity index (χ3v) is 17.4. The van der Waals surface area contributed by atoms with Crippen LogP contribution >= 0.6 is 0 Å². The number of benzene rings is 4. The molecule has 2 heterocycles. The molecule has 0 radical (unpaired) electrons. The molecule has 1 aromatic heterocycles. The van der Waals surface area contributed by atoms with Gasteiger partial charge >= 0.3 is 41.8 Å². The van der Waals surface area contributed by atoms with Crippen LogP contribution in [-0.2, 0) is 76.3 Å². The highest BCUT2D eigenvalue weighted by atomic mass is 16.6. The molecule has 0 unspecified atom stereocenters. The maximum absolute atomic E-state index is 16.6. The van der Waals surface area contributed by atoms with Crippen molar-refractivity contribution >= 4 is 65.5 Å². The van der Waals surface area contributed by atoms with Crippen molar-refractivity contribution in [3.63, 3.8) is 0 Å². The zero-order valence-corrected chi connectivity index (χ0v) is 51.1. The van der Waals surface area contributed by atoms with E-state index >= 15 is 9.59 Å². The first kappa shape index (κ1) is 66.5. The number of ketones is 1. The third-order valence-electron chi connectivity index (χ3n) is 17.4. The van der Waals surface area contributed by atoms with E-state index < -0.39 is 175 Å². The van der Waals surface area contributed by atoms with Gasteiger partial charge in [0.25, 0.3) is 0 Å². The van der Waals surface area contributed by atoms with E-state index in [1.165, 1.54) is 82.7 Å². The van der Waals surface area contributed by atoms with Crippen molar-refractivity contribution in [1.29, 1.82) is 0 Å². The number of carbonyl (C=O) groups is 10. The minimum atomic E-state index is -2.66. The van der Waals surface area contributed by atoms with E-state index in [1.54, 1.807) is 91.0 Å². The zero-order chi connectivity index (χ0) is 66.1. The zero-order valence-electron chi connectivity index (χ0n) is 51.1.